The normalized spacial score (nSPS) is 13.6. The van der Waals surface area contributed by atoms with Crippen molar-refractivity contribution in [3.8, 4) is 0 Å². The monoisotopic (exact) mass is 154 g/mol. The highest BCUT2D eigenvalue weighted by Gasteiger charge is 1.92. The van der Waals surface area contributed by atoms with E-state index in [-0.39, 0.29) is 12.4 Å². The first-order valence-electron chi connectivity index (χ1n) is 2.91. The molecule has 0 aromatic rings. The van der Waals surface area contributed by atoms with Gasteiger partial charge in [0, 0.05) is 5.75 Å². The SMILES string of the molecule is O=S(O)CCCCCF. The third-order valence-electron chi connectivity index (χ3n) is 0.953. The average Bonchev–Trinajstić information content (AvgIpc) is 1.80. The summed E-state index contributed by atoms with van der Waals surface area (Å²) >= 11 is -1.69. The predicted octanol–water partition coefficient (Wildman–Crippen LogP) is 1.35. The minimum Gasteiger partial charge on any atom is -0.306 e. The maximum absolute atomic E-state index is 11.4. The third-order valence-corrected chi connectivity index (χ3v) is 1.59. The van der Waals surface area contributed by atoms with Gasteiger partial charge in [-0.2, -0.15) is 0 Å². The quantitative estimate of drug-likeness (QED) is 0.479. The van der Waals surface area contributed by atoms with Gasteiger partial charge in [0.15, 0.2) is 11.1 Å². The van der Waals surface area contributed by atoms with Gasteiger partial charge in [-0.3, -0.25) is 4.39 Å². The number of rotatable bonds is 5. The minimum absolute atomic E-state index is 0.278. The smallest absolute Gasteiger partial charge is 0.152 e. The van der Waals surface area contributed by atoms with E-state index in [9.17, 15) is 8.60 Å². The van der Waals surface area contributed by atoms with Crippen molar-refractivity contribution in [3.63, 3.8) is 0 Å². The molecule has 2 nitrogen and oxygen atoms in total. The topological polar surface area (TPSA) is 37.3 Å². The second-order valence-corrected chi connectivity index (χ2v) is 2.83. The first kappa shape index (κ1) is 9.04. The maximum atomic E-state index is 11.4. The molecule has 0 amide bonds. The van der Waals surface area contributed by atoms with Gasteiger partial charge in [-0.05, 0) is 19.3 Å². The van der Waals surface area contributed by atoms with Crippen LogP contribution in [0.4, 0.5) is 4.39 Å². The lowest BCUT2D eigenvalue weighted by Gasteiger charge is -1.92. The second-order valence-electron chi connectivity index (χ2n) is 1.78. The van der Waals surface area contributed by atoms with Crippen LogP contribution in [0, 0.1) is 0 Å². The molecule has 0 saturated carbocycles. The molecule has 0 spiro atoms. The van der Waals surface area contributed by atoms with E-state index in [4.69, 9.17) is 4.55 Å². The van der Waals surface area contributed by atoms with E-state index in [1.54, 1.807) is 0 Å². The lowest BCUT2D eigenvalue weighted by molar-refractivity contribution is 0.459. The molecule has 0 saturated heterocycles. The molecule has 0 aliphatic rings. The van der Waals surface area contributed by atoms with Crippen molar-refractivity contribution in [2.75, 3.05) is 12.4 Å². The molecule has 0 bridgehead atoms. The molecule has 1 N–H and O–H groups in total. The molecule has 0 radical (unpaired) electrons. The molecule has 0 aromatic carbocycles. The van der Waals surface area contributed by atoms with Crippen molar-refractivity contribution in [3.05, 3.63) is 0 Å². The van der Waals surface area contributed by atoms with Crippen molar-refractivity contribution in [2.24, 2.45) is 0 Å². The highest BCUT2D eigenvalue weighted by molar-refractivity contribution is 7.79. The molecular weight excluding hydrogens is 143 g/mol. The standard InChI is InChI=1S/C5H11FO2S/c6-4-2-1-3-5-9(7)8/h1-5H2,(H,7,8). The molecule has 0 aliphatic heterocycles. The fourth-order valence-corrected chi connectivity index (χ4v) is 0.948. The molecular formula is C5H11FO2S. The highest BCUT2D eigenvalue weighted by Crippen LogP contribution is 1.95. The molecule has 0 rings (SSSR count). The Morgan fingerprint density at radius 3 is 2.44 bits per heavy atom. The molecule has 0 aromatic heterocycles. The Labute approximate surface area is 56.7 Å². The summed E-state index contributed by atoms with van der Waals surface area (Å²) < 4.78 is 29.6. The van der Waals surface area contributed by atoms with Gasteiger partial charge in [0.2, 0.25) is 0 Å². The Bertz CT molecular complexity index is 87.0. The molecule has 1 atom stereocenters. The van der Waals surface area contributed by atoms with E-state index in [0.29, 0.717) is 19.3 Å². The number of hydrogen-bond acceptors (Lipinski definition) is 1. The first-order chi connectivity index (χ1) is 4.27. The molecule has 0 aliphatic carbocycles. The van der Waals surface area contributed by atoms with Crippen molar-refractivity contribution < 1.29 is 13.2 Å². The number of halogens is 1. The van der Waals surface area contributed by atoms with Gasteiger partial charge in [-0.15, -0.1) is 0 Å². The predicted molar refractivity (Wildman–Crippen MR) is 35.5 cm³/mol. The van der Waals surface area contributed by atoms with Gasteiger partial charge >= 0.3 is 0 Å². The minimum atomic E-state index is -1.69. The molecule has 1 unspecified atom stereocenters. The average molecular weight is 154 g/mol. The molecule has 56 valence electrons. The van der Waals surface area contributed by atoms with Crippen LogP contribution in [0.5, 0.6) is 0 Å². The van der Waals surface area contributed by atoms with Crippen LogP contribution in [-0.2, 0) is 11.1 Å². The van der Waals surface area contributed by atoms with Crippen LogP contribution in [0.15, 0.2) is 0 Å². The summed E-state index contributed by atoms with van der Waals surface area (Å²) in [6.07, 6.45) is 1.87. The van der Waals surface area contributed by atoms with Crippen molar-refractivity contribution in [2.45, 2.75) is 19.3 Å². The molecule has 0 heterocycles. The van der Waals surface area contributed by atoms with Gasteiger partial charge in [0.25, 0.3) is 0 Å². The Morgan fingerprint density at radius 1 is 1.33 bits per heavy atom. The number of alkyl halides is 1. The van der Waals surface area contributed by atoms with E-state index in [0.717, 1.165) is 0 Å². The van der Waals surface area contributed by atoms with Gasteiger partial charge in [-0.1, -0.05) is 0 Å². The molecule has 4 heteroatoms. The van der Waals surface area contributed by atoms with E-state index in [2.05, 4.69) is 0 Å². The summed E-state index contributed by atoms with van der Waals surface area (Å²) in [4.78, 5) is 0. The summed E-state index contributed by atoms with van der Waals surface area (Å²) in [5.41, 5.74) is 0. The number of hydrogen-bond donors (Lipinski definition) is 1. The van der Waals surface area contributed by atoms with E-state index in [1.807, 2.05) is 0 Å². The largest absolute Gasteiger partial charge is 0.306 e. The third kappa shape index (κ3) is 8.04. The van der Waals surface area contributed by atoms with Crippen LogP contribution >= 0.6 is 0 Å². The summed E-state index contributed by atoms with van der Waals surface area (Å²) in [5, 5.41) is 0. The Hall–Kier alpha value is 0.0400. The fourth-order valence-electron chi connectivity index (χ4n) is 0.497. The Balaban J connectivity index is 2.83. The van der Waals surface area contributed by atoms with Crippen LogP contribution in [0.25, 0.3) is 0 Å². The second kappa shape index (κ2) is 6.16. The van der Waals surface area contributed by atoms with Crippen LogP contribution in [0.2, 0.25) is 0 Å². The van der Waals surface area contributed by atoms with E-state index in [1.165, 1.54) is 0 Å². The first-order valence-corrected chi connectivity index (χ1v) is 4.18. The summed E-state index contributed by atoms with van der Waals surface area (Å²) in [7, 11) is 0. The van der Waals surface area contributed by atoms with Gasteiger partial charge in [0.05, 0.1) is 6.67 Å². The van der Waals surface area contributed by atoms with E-state index < -0.39 is 11.1 Å². The fraction of sp³-hybridized carbons (Fsp3) is 1.00. The molecule has 0 fully saturated rings. The van der Waals surface area contributed by atoms with E-state index >= 15 is 0 Å². The zero-order chi connectivity index (χ0) is 7.11. The zero-order valence-electron chi connectivity index (χ0n) is 5.18. The van der Waals surface area contributed by atoms with Crippen LogP contribution in [0.1, 0.15) is 19.3 Å². The summed E-state index contributed by atoms with van der Waals surface area (Å²) in [5.74, 6) is 0.278. The maximum Gasteiger partial charge on any atom is 0.152 e. The van der Waals surface area contributed by atoms with Crippen LogP contribution < -0.4 is 0 Å². The van der Waals surface area contributed by atoms with Crippen molar-refractivity contribution in [1.29, 1.82) is 0 Å². The van der Waals surface area contributed by atoms with Crippen LogP contribution in [0.3, 0.4) is 0 Å². The van der Waals surface area contributed by atoms with Gasteiger partial charge in [0.1, 0.15) is 0 Å². The summed E-state index contributed by atoms with van der Waals surface area (Å²) in [6.45, 7) is -0.321. The van der Waals surface area contributed by atoms with Crippen molar-refractivity contribution >= 4 is 11.1 Å². The van der Waals surface area contributed by atoms with Crippen LogP contribution in [-0.4, -0.2) is 21.2 Å². The van der Waals surface area contributed by atoms with Gasteiger partial charge < -0.3 is 4.55 Å². The molecule has 9 heavy (non-hydrogen) atoms. The Morgan fingerprint density at radius 2 is 2.00 bits per heavy atom. The number of unbranched alkanes of at least 4 members (excludes halogenated alkanes) is 2. The van der Waals surface area contributed by atoms with Crippen molar-refractivity contribution in [1.82, 2.24) is 0 Å². The lowest BCUT2D eigenvalue weighted by atomic mass is 10.3. The highest BCUT2D eigenvalue weighted by atomic mass is 32.2. The summed E-state index contributed by atoms with van der Waals surface area (Å²) in [6, 6.07) is 0. The van der Waals surface area contributed by atoms with Gasteiger partial charge in [-0.25, -0.2) is 4.21 Å². The zero-order valence-corrected chi connectivity index (χ0v) is 5.99. The lowest BCUT2D eigenvalue weighted by Crippen LogP contribution is -1.94. The Kier molecular flexibility index (Phi) is 6.19.